The van der Waals surface area contributed by atoms with Crippen LogP contribution in [0.4, 0.5) is 4.39 Å². The molecule has 172 valence electrons. The molecule has 1 nitrogen and oxygen atoms in total. The maximum Gasteiger partial charge on any atom is 0.131 e. The first-order valence-corrected chi connectivity index (χ1v) is 12.2. The maximum atomic E-state index is 14.8. The fourth-order valence-electron chi connectivity index (χ4n) is 5.11. The summed E-state index contributed by atoms with van der Waals surface area (Å²) >= 11 is 0. The van der Waals surface area contributed by atoms with E-state index in [1.54, 1.807) is 13.2 Å². The number of ether oxygens (including phenoxy) is 1. The maximum absolute atomic E-state index is 14.8. The number of hydrogen-bond acceptors (Lipinski definition) is 1. The predicted octanol–water partition coefficient (Wildman–Crippen LogP) is 8.27. The topological polar surface area (TPSA) is 9.23 Å². The normalized spacial score (nSPS) is 18.2. The Hall–Kier alpha value is -2.71. The first kappa shape index (κ1) is 23.4. The predicted molar refractivity (Wildman–Crippen MR) is 136 cm³/mol. The second-order valence-corrected chi connectivity index (χ2v) is 9.43. The molecule has 1 fully saturated rings. The average molecular weight is 443 g/mol. The fourth-order valence-corrected chi connectivity index (χ4v) is 5.11. The van der Waals surface area contributed by atoms with E-state index in [1.807, 2.05) is 30.3 Å². The molecular formula is C31H35FO. The summed E-state index contributed by atoms with van der Waals surface area (Å²) in [5.74, 6) is 1.37. The van der Waals surface area contributed by atoms with Crippen molar-refractivity contribution < 1.29 is 9.13 Å². The highest BCUT2D eigenvalue weighted by atomic mass is 19.1. The Bertz CT molecular complexity index is 1030. The monoisotopic (exact) mass is 442 g/mol. The van der Waals surface area contributed by atoms with Gasteiger partial charge in [-0.05, 0) is 90.7 Å². The zero-order chi connectivity index (χ0) is 23.0. The van der Waals surface area contributed by atoms with Crippen LogP contribution in [0.15, 0.2) is 79.4 Å². The van der Waals surface area contributed by atoms with Crippen LogP contribution in [0.5, 0.6) is 0 Å². The minimum absolute atomic E-state index is 0.158. The van der Waals surface area contributed by atoms with Gasteiger partial charge in [0.1, 0.15) is 5.82 Å². The van der Waals surface area contributed by atoms with Crippen molar-refractivity contribution in [1.82, 2.24) is 0 Å². The summed E-state index contributed by atoms with van der Waals surface area (Å²) in [4.78, 5) is 0. The van der Waals surface area contributed by atoms with Crippen molar-refractivity contribution in [2.24, 2.45) is 5.92 Å². The zero-order valence-electron chi connectivity index (χ0n) is 19.7. The van der Waals surface area contributed by atoms with E-state index in [1.165, 1.54) is 36.8 Å². The molecule has 2 heteroatoms. The smallest absolute Gasteiger partial charge is 0.131 e. The summed E-state index contributed by atoms with van der Waals surface area (Å²) in [7, 11) is 1.68. The summed E-state index contributed by atoms with van der Waals surface area (Å²) in [5, 5.41) is 0. The van der Waals surface area contributed by atoms with Gasteiger partial charge in [0.05, 0.1) is 6.61 Å². The second kappa shape index (κ2) is 11.4. The summed E-state index contributed by atoms with van der Waals surface area (Å²) < 4.78 is 20.0. The Labute approximate surface area is 198 Å². The standard InChI is InChI=1S/C31H35FO/c1-3-4-23-7-14-27(15-8-23)28-16-9-24(10-17-28)5-6-25-13-20-30(31(32)21-25)29-18-11-26(12-19-29)22-33-2/h3,9-13,16-21,23,27H,1,4-8,14-15,22H2,2H3/t23-,27-. The lowest BCUT2D eigenvalue weighted by molar-refractivity contribution is 0.185. The lowest BCUT2D eigenvalue weighted by Crippen LogP contribution is -2.12. The highest BCUT2D eigenvalue weighted by molar-refractivity contribution is 5.64. The third-order valence-corrected chi connectivity index (χ3v) is 7.11. The lowest BCUT2D eigenvalue weighted by Gasteiger charge is -2.28. The van der Waals surface area contributed by atoms with Gasteiger partial charge in [-0.25, -0.2) is 4.39 Å². The summed E-state index contributed by atoms with van der Waals surface area (Å²) in [6.45, 7) is 4.46. The first-order chi connectivity index (χ1) is 16.2. The second-order valence-electron chi connectivity index (χ2n) is 9.43. The van der Waals surface area contributed by atoms with Crippen molar-refractivity contribution in [2.45, 2.75) is 57.5 Å². The molecule has 0 heterocycles. The SMILES string of the molecule is C=CC[C@H]1CC[C@H](c2ccc(CCc3ccc(-c4ccc(COC)cc4)c(F)c3)cc2)CC1. The molecule has 4 rings (SSSR count). The molecule has 0 spiro atoms. The molecule has 0 N–H and O–H groups in total. The van der Waals surface area contributed by atoms with Crippen molar-refractivity contribution in [1.29, 1.82) is 0 Å². The lowest BCUT2D eigenvalue weighted by atomic mass is 9.77. The highest BCUT2D eigenvalue weighted by Crippen LogP contribution is 2.37. The fraction of sp³-hybridized carbons (Fsp3) is 0.355. The van der Waals surface area contributed by atoms with Gasteiger partial charge >= 0.3 is 0 Å². The van der Waals surface area contributed by atoms with Gasteiger partial charge < -0.3 is 4.74 Å². The van der Waals surface area contributed by atoms with Gasteiger partial charge in [0.25, 0.3) is 0 Å². The molecule has 0 amide bonds. The van der Waals surface area contributed by atoms with Gasteiger partial charge in [0, 0.05) is 12.7 Å². The minimum atomic E-state index is -0.158. The van der Waals surface area contributed by atoms with E-state index in [-0.39, 0.29) is 5.82 Å². The van der Waals surface area contributed by atoms with E-state index in [0.29, 0.717) is 18.1 Å². The number of methoxy groups -OCH3 is 1. The largest absolute Gasteiger partial charge is 0.380 e. The van der Waals surface area contributed by atoms with Crippen LogP contribution in [-0.4, -0.2) is 7.11 Å². The van der Waals surface area contributed by atoms with E-state index >= 15 is 0 Å². The van der Waals surface area contributed by atoms with Crippen LogP contribution in [0.2, 0.25) is 0 Å². The number of benzene rings is 3. The quantitative estimate of drug-likeness (QED) is 0.303. The molecular weight excluding hydrogens is 407 g/mol. The molecule has 3 aromatic rings. The number of rotatable bonds is 9. The van der Waals surface area contributed by atoms with E-state index in [9.17, 15) is 4.39 Å². The van der Waals surface area contributed by atoms with Crippen LogP contribution in [-0.2, 0) is 24.2 Å². The van der Waals surface area contributed by atoms with Gasteiger partial charge in [0.15, 0.2) is 0 Å². The van der Waals surface area contributed by atoms with E-state index in [0.717, 1.165) is 41.9 Å². The van der Waals surface area contributed by atoms with Crippen molar-refractivity contribution in [2.75, 3.05) is 7.11 Å². The zero-order valence-corrected chi connectivity index (χ0v) is 19.7. The van der Waals surface area contributed by atoms with Gasteiger partial charge in [-0.2, -0.15) is 0 Å². The van der Waals surface area contributed by atoms with E-state index in [4.69, 9.17) is 4.74 Å². The number of aryl methyl sites for hydroxylation is 2. The first-order valence-electron chi connectivity index (χ1n) is 12.2. The van der Waals surface area contributed by atoms with Crippen molar-refractivity contribution in [3.05, 3.63) is 107 Å². The molecule has 0 bridgehead atoms. The molecule has 1 saturated carbocycles. The van der Waals surface area contributed by atoms with Gasteiger partial charge in [-0.3, -0.25) is 0 Å². The molecule has 33 heavy (non-hydrogen) atoms. The van der Waals surface area contributed by atoms with Crippen LogP contribution < -0.4 is 0 Å². The molecule has 0 unspecified atom stereocenters. The van der Waals surface area contributed by atoms with Crippen LogP contribution in [0.3, 0.4) is 0 Å². The number of hydrogen-bond donors (Lipinski definition) is 0. The van der Waals surface area contributed by atoms with Crippen LogP contribution in [0.1, 0.15) is 60.3 Å². The summed E-state index contributed by atoms with van der Waals surface area (Å²) in [5.41, 5.74) is 6.46. The summed E-state index contributed by atoms with van der Waals surface area (Å²) in [6, 6.07) is 22.7. The third-order valence-electron chi connectivity index (χ3n) is 7.11. The Morgan fingerprint density at radius 1 is 0.848 bits per heavy atom. The molecule has 3 aromatic carbocycles. The Morgan fingerprint density at radius 2 is 1.48 bits per heavy atom. The van der Waals surface area contributed by atoms with E-state index in [2.05, 4.69) is 43.0 Å². The van der Waals surface area contributed by atoms with Gasteiger partial charge in [-0.1, -0.05) is 66.7 Å². The summed E-state index contributed by atoms with van der Waals surface area (Å²) in [6.07, 6.45) is 10.2. The number of halogens is 1. The minimum Gasteiger partial charge on any atom is -0.380 e. The average Bonchev–Trinajstić information content (AvgIpc) is 2.85. The molecule has 1 aliphatic rings. The molecule has 0 aromatic heterocycles. The van der Waals surface area contributed by atoms with Crippen LogP contribution >= 0.6 is 0 Å². The number of allylic oxidation sites excluding steroid dienone is 1. The van der Waals surface area contributed by atoms with Crippen molar-refractivity contribution >= 4 is 0 Å². The Kier molecular flexibility index (Phi) is 8.12. The van der Waals surface area contributed by atoms with Crippen molar-refractivity contribution in [3.8, 4) is 11.1 Å². The molecule has 0 radical (unpaired) electrons. The van der Waals surface area contributed by atoms with Gasteiger partial charge in [0.2, 0.25) is 0 Å². The highest BCUT2D eigenvalue weighted by Gasteiger charge is 2.21. The molecule has 0 atom stereocenters. The third kappa shape index (κ3) is 6.21. The van der Waals surface area contributed by atoms with Crippen molar-refractivity contribution in [3.63, 3.8) is 0 Å². The Morgan fingerprint density at radius 3 is 2.12 bits per heavy atom. The van der Waals surface area contributed by atoms with Gasteiger partial charge in [-0.15, -0.1) is 6.58 Å². The van der Waals surface area contributed by atoms with Crippen LogP contribution in [0.25, 0.3) is 11.1 Å². The molecule has 0 aliphatic heterocycles. The molecule has 1 aliphatic carbocycles. The Balaban J connectivity index is 1.32. The molecule has 0 saturated heterocycles. The van der Waals surface area contributed by atoms with Crippen LogP contribution in [0, 0.1) is 11.7 Å². The van der Waals surface area contributed by atoms with E-state index < -0.39 is 0 Å².